The molecule has 3 aromatic rings. The van der Waals surface area contributed by atoms with Gasteiger partial charge in [0.2, 0.25) is 20.8 Å². The van der Waals surface area contributed by atoms with Crippen LogP contribution in [0.4, 0.5) is 11.4 Å². The molecule has 2 atom stereocenters. The summed E-state index contributed by atoms with van der Waals surface area (Å²) in [7, 11) is -7.02. The number of sulfone groups is 1. The minimum absolute atomic E-state index is 0.0602. The second-order valence-electron chi connectivity index (χ2n) is 9.83. The molecule has 12 heteroatoms. The van der Waals surface area contributed by atoms with Crippen molar-refractivity contribution in [2.75, 3.05) is 35.3 Å². The minimum atomic E-state index is -4.44. The van der Waals surface area contributed by atoms with Crippen molar-refractivity contribution >= 4 is 53.8 Å². The van der Waals surface area contributed by atoms with Gasteiger partial charge in [0.05, 0.1) is 36.8 Å². The first kappa shape index (κ1) is 28.5. The van der Waals surface area contributed by atoms with E-state index in [4.69, 9.17) is 0 Å². The summed E-state index contributed by atoms with van der Waals surface area (Å²) in [5.74, 6) is -1.72. The predicted molar refractivity (Wildman–Crippen MR) is 153 cm³/mol. The van der Waals surface area contributed by atoms with Gasteiger partial charge in [-0.3, -0.25) is 13.9 Å². The van der Waals surface area contributed by atoms with Gasteiger partial charge in [-0.25, -0.2) is 16.8 Å². The van der Waals surface area contributed by atoms with Crippen molar-refractivity contribution in [3.05, 3.63) is 71.8 Å². The Bertz CT molecular complexity index is 1670. The second-order valence-corrected chi connectivity index (χ2v) is 14.0. The Morgan fingerprint density at radius 3 is 2.21 bits per heavy atom. The highest BCUT2D eigenvalue weighted by atomic mass is 32.2. The lowest BCUT2D eigenvalue weighted by atomic mass is 9.99. The van der Waals surface area contributed by atoms with E-state index in [0.29, 0.717) is 0 Å². The Morgan fingerprint density at radius 2 is 1.59 bits per heavy atom. The second kappa shape index (κ2) is 10.2. The van der Waals surface area contributed by atoms with Crippen LogP contribution in [-0.4, -0.2) is 65.7 Å². The van der Waals surface area contributed by atoms with Gasteiger partial charge in [-0.2, -0.15) is 0 Å². The largest absolute Gasteiger partial charge is 0.327 e. The number of likely N-dealkylation sites (N-methyl/N-ethyl adjacent to an activating group) is 1. The number of sulfonamides is 1. The van der Waals surface area contributed by atoms with E-state index in [2.05, 4.69) is 10.6 Å². The molecule has 0 aromatic heterocycles. The molecule has 39 heavy (non-hydrogen) atoms. The monoisotopic (exact) mass is 572 g/mol. The van der Waals surface area contributed by atoms with Crippen LogP contribution in [0, 0.1) is 6.92 Å². The van der Waals surface area contributed by atoms with E-state index in [9.17, 15) is 26.4 Å². The number of nitrogens with zero attached hydrogens (tertiary/aromatic N) is 2. The zero-order valence-electron chi connectivity index (χ0n) is 22.4. The fraction of sp³-hybridized carbons (Fsp3) is 0.333. The number of nitrogens with one attached hydrogen (secondary N) is 2. The maximum Gasteiger partial charge on any atom is 0.270 e. The summed E-state index contributed by atoms with van der Waals surface area (Å²) in [4.78, 5) is 26.3. The van der Waals surface area contributed by atoms with E-state index in [1.54, 1.807) is 18.2 Å². The molecule has 2 amide bonds. The van der Waals surface area contributed by atoms with Crippen molar-refractivity contribution in [3.63, 3.8) is 0 Å². The molecule has 0 aliphatic carbocycles. The van der Waals surface area contributed by atoms with Crippen molar-refractivity contribution in [3.8, 4) is 0 Å². The highest BCUT2D eigenvalue weighted by Crippen LogP contribution is 2.40. The topological polar surface area (TPSA) is 133 Å². The molecule has 0 unspecified atom stereocenters. The zero-order chi connectivity index (χ0) is 28.8. The van der Waals surface area contributed by atoms with Gasteiger partial charge in [-0.05, 0) is 54.9 Å². The number of anilines is 2. The van der Waals surface area contributed by atoms with Gasteiger partial charge in [-0.1, -0.05) is 48.5 Å². The highest BCUT2D eigenvalue weighted by Gasteiger charge is 2.56. The van der Waals surface area contributed by atoms with Gasteiger partial charge >= 0.3 is 0 Å². The number of para-hydroxylation sites is 2. The smallest absolute Gasteiger partial charge is 0.270 e. The van der Waals surface area contributed by atoms with Crippen LogP contribution in [0.1, 0.15) is 18.1 Å². The summed E-state index contributed by atoms with van der Waals surface area (Å²) in [5, 5.41) is 6.95. The lowest BCUT2D eigenvalue weighted by molar-refractivity contribution is -0.129. The van der Waals surface area contributed by atoms with Crippen molar-refractivity contribution in [2.24, 2.45) is 0 Å². The molecule has 0 fully saturated rings. The third kappa shape index (κ3) is 5.11. The van der Waals surface area contributed by atoms with E-state index >= 15 is 0 Å². The number of carbonyl (C=O) groups is 2. The van der Waals surface area contributed by atoms with E-state index in [-0.39, 0.29) is 17.9 Å². The number of hydrogen-bond donors (Lipinski definition) is 2. The van der Waals surface area contributed by atoms with Gasteiger partial charge in [0.1, 0.15) is 0 Å². The van der Waals surface area contributed by atoms with Crippen molar-refractivity contribution in [2.45, 2.75) is 31.3 Å². The summed E-state index contributed by atoms with van der Waals surface area (Å²) < 4.78 is 54.0. The Labute approximate surface area is 229 Å². The maximum atomic E-state index is 14.5. The number of carbonyl (C=O) groups excluding carboxylic acids is 2. The van der Waals surface area contributed by atoms with Crippen LogP contribution < -0.4 is 19.8 Å². The molecule has 3 aromatic carbocycles. The number of fused-ring (bicyclic) bond motifs is 2. The molecule has 0 saturated carbocycles. The molecule has 0 spiro atoms. The van der Waals surface area contributed by atoms with Crippen LogP contribution in [0.5, 0.6) is 0 Å². The van der Waals surface area contributed by atoms with Gasteiger partial charge in [0.25, 0.3) is 5.91 Å². The Balaban J connectivity index is 2.03. The number of aryl methyl sites for hydroxylation is 1. The summed E-state index contributed by atoms with van der Waals surface area (Å²) in [6.07, 6.45) is 1.76. The zero-order valence-corrected chi connectivity index (χ0v) is 24.1. The summed E-state index contributed by atoms with van der Waals surface area (Å²) in [5.41, 5.74) is 1.97. The molecule has 1 aliphatic heterocycles. The van der Waals surface area contributed by atoms with Crippen molar-refractivity contribution in [1.82, 2.24) is 10.6 Å². The number of amides is 2. The quantitative estimate of drug-likeness (QED) is 0.442. The molecule has 10 nitrogen and oxygen atoms in total. The van der Waals surface area contributed by atoms with Crippen molar-refractivity contribution < 1.29 is 26.4 Å². The molecule has 1 heterocycles. The van der Waals surface area contributed by atoms with Crippen LogP contribution >= 0.6 is 0 Å². The number of rotatable bonds is 7. The molecule has 2 N–H and O–H groups in total. The van der Waals surface area contributed by atoms with Gasteiger partial charge in [-0.15, -0.1) is 0 Å². The molecule has 0 saturated heterocycles. The predicted octanol–water partition coefficient (Wildman–Crippen LogP) is 1.93. The third-order valence-corrected chi connectivity index (χ3v) is 9.97. The first-order valence-electron chi connectivity index (χ1n) is 12.3. The van der Waals surface area contributed by atoms with Gasteiger partial charge < -0.3 is 15.5 Å². The van der Waals surface area contributed by atoms with Crippen LogP contribution in [0.15, 0.2) is 60.7 Å². The summed E-state index contributed by atoms with van der Waals surface area (Å²) >= 11 is 0. The van der Waals surface area contributed by atoms with E-state index in [1.165, 1.54) is 24.9 Å². The molecule has 4 rings (SSSR count). The fourth-order valence-electron chi connectivity index (χ4n) is 4.75. The lowest BCUT2D eigenvalue weighted by Gasteiger charge is -2.36. The summed E-state index contributed by atoms with van der Waals surface area (Å²) in [6.45, 7) is 2.51. The standard InChI is InChI=1S/C27H32N4O6S2/c1-18-14-15-20-10-6-7-11-21(20)22(18)16-30-23-12-8-9-13-24(23)31(39(5,36)37)17-27(26(30)33,38(4,34)35)29-25(32)19(2)28-3/h6-15,19,28H,16-17H2,1-5H3,(H,29,32)/t19-,27-/m0/s1. The Hall–Kier alpha value is -3.48. The molecule has 0 radical (unpaired) electrons. The van der Waals surface area contributed by atoms with Crippen LogP contribution in [0.25, 0.3) is 10.8 Å². The molecule has 1 aliphatic rings. The Kier molecular flexibility index (Phi) is 7.50. The van der Waals surface area contributed by atoms with Crippen LogP contribution in [-0.2, 0) is 36.0 Å². The molecular formula is C27H32N4O6S2. The normalized spacial score (nSPS) is 18.9. The first-order chi connectivity index (χ1) is 18.2. The van der Waals surface area contributed by atoms with E-state index in [0.717, 1.165) is 38.7 Å². The Morgan fingerprint density at radius 1 is 0.974 bits per heavy atom. The number of hydrogen-bond acceptors (Lipinski definition) is 7. The average Bonchev–Trinajstić information content (AvgIpc) is 2.98. The van der Waals surface area contributed by atoms with E-state index < -0.39 is 49.1 Å². The van der Waals surface area contributed by atoms with Gasteiger partial charge in [0, 0.05) is 6.26 Å². The minimum Gasteiger partial charge on any atom is -0.327 e. The van der Waals surface area contributed by atoms with E-state index in [1.807, 2.05) is 43.3 Å². The lowest BCUT2D eigenvalue weighted by Crippen LogP contribution is -2.69. The van der Waals surface area contributed by atoms with Crippen LogP contribution in [0.2, 0.25) is 0 Å². The van der Waals surface area contributed by atoms with Gasteiger partial charge in [0.15, 0.2) is 9.84 Å². The highest BCUT2D eigenvalue weighted by molar-refractivity contribution is 7.93. The third-order valence-electron chi connectivity index (χ3n) is 7.17. The first-order valence-corrected chi connectivity index (χ1v) is 16.0. The fourth-order valence-corrected chi connectivity index (χ4v) is 6.85. The molecular weight excluding hydrogens is 540 g/mol. The number of benzene rings is 3. The average molecular weight is 573 g/mol. The molecule has 208 valence electrons. The SMILES string of the molecule is CN[C@@H](C)C(=O)N[C@]1(S(C)(=O)=O)CN(S(C)(=O)=O)c2ccccc2N(Cc2c(C)ccc3ccccc23)C1=O. The molecule has 0 bridgehead atoms. The summed E-state index contributed by atoms with van der Waals surface area (Å²) in [6, 6.07) is 17.0. The van der Waals surface area contributed by atoms with Crippen molar-refractivity contribution in [1.29, 1.82) is 0 Å². The maximum absolute atomic E-state index is 14.5. The van der Waals surface area contributed by atoms with Crippen LogP contribution in [0.3, 0.4) is 0 Å².